The van der Waals surface area contributed by atoms with Gasteiger partial charge in [-0.25, -0.2) is 4.98 Å². The zero-order valence-electron chi connectivity index (χ0n) is 10.7. The number of aromatic hydroxyl groups is 1. The van der Waals surface area contributed by atoms with E-state index in [1.807, 2.05) is 19.1 Å². The van der Waals surface area contributed by atoms with Crippen LogP contribution in [0.5, 0.6) is 5.75 Å². The second-order valence-electron chi connectivity index (χ2n) is 4.69. The smallest absolute Gasteiger partial charge is 0.121 e. The van der Waals surface area contributed by atoms with Crippen LogP contribution in [0.15, 0.2) is 30.3 Å². The molecule has 0 atom stereocenters. The molecule has 2 aromatic carbocycles. The van der Waals surface area contributed by atoms with Crippen molar-refractivity contribution in [2.75, 3.05) is 0 Å². The number of halogens is 2. The number of hydrogen-bond donors (Lipinski definition) is 2. The molecule has 0 aliphatic rings. The number of fused-ring (bicyclic) bond motifs is 1. The van der Waals surface area contributed by atoms with Gasteiger partial charge in [-0.05, 0) is 42.8 Å². The Bertz CT molecular complexity index is 796. The van der Waals surface area contributed by atoms with Gasteiger partial charge in [0.1, 0.15) is 11.6 Å². The van der Waals surface area contributed by atoms with Gasteiger partial charge in [0.2, 0.25) is 0 Å². The average molecular weight is 307 g/mol. The van der Waals surface area contributed by atoms with E-state index in [-0.39, 0.29) is 5.75 Å². The van der Waals surface area contributed by atoms with Crippen LogP contribution in [0, 0.1) is 6.92 Å². The molecule has 1 heterocycles. The van der Waals surface area contributed by atoms with E-state index in [1.165, 1.54) is 0 Å². The van der Waals surface area contributed by atoms with Gasteiger partial charge in [0.05, 0.1) is 11.0 Å². The van der Waals surface area contributed by atoms with Gasteiger partial charge >= 0.3 is 0 Å². The number of H-pyrrole nitrogens is 1. The van der Waals surface area contributed by atoms with Crippen molar-refractivity contribution in [3.63, 3.8) is 0 Å². The Hall–Kier alpha value is -1.71. The number of nitrogens with one attached hydrogen (secondary N) is 1. The lowest BCUT2D eigenvalue weighted by Gasteiger charge is -2.08. The summed E-state index contributed by atoms with van der Waals surface area (Å²) in [4.78, 5) is 7.59. The summed E-state index contributed by atoms with van der Waals surface area (Å²) in [7, 11) is 0. The van der Waals surface area contributed by atoms with Crippen molar-refractivity contribution in [3.8, 4) is 5.75 Å². The number of aromatic nitrogens is 2. The van der Waals surface area contributed by atoms with Crippen molar-refractivity contribution in [2.45, 2.75) is 13.3 Å². The molecule has 3 rings (SSSR count). The van der Waals surface area contributed by atoms with Crippen LogP contribution >= 0.6 is 23.2 Å². The molecule has 3 aromatic rings. The molecule has 1 aromatic heterocycles. The number of aryl methyl sites for hydroxylation is 1. The summed E-state index contributed by atoms with van der Waals surface area (Å²) in [5.74, 6) is 1.02. The van der Waals surface area contributed by atoms with E-state index in [9.17, 15) is 5.11 Å². The monoisotopic (exact) mass is 306 g/mol. The predicted molar refractivity (Wildman–Crippen MR) is 81.8 cm³/mol. The quantitative estimate of drug-likeness (QED) is 0.733. The first kappa shape index (κ1) is 13.3. The average Bonchev–Trinajstić information content (AvgIpc) is 2.78. The van der Waals surface area contributed by atoms with Gasteiger partial charge in [-0.3, -0.25) is 0 Å². The van der Waals surface area contributed by atoms with E-state index in [0.29, 0.717) is 16.5 Å². The van der Waals surface area contributed by atoms with Crippen LogP contribution in [-0.4, -0.2) is 15.1 Å². The van der Waals surface area contributed by atoms with E-state index in [2.05, 4.69) is 9.97 Å². The Morgan fingerprint density at radius 1 is 1.20 bits per heavy atom. The third kappa shape index (κ3) is 2.35. The molecule has 102 valence electrons. The number of hydrogen-bond acceptors (Lipinski definition) is 2. The van der Waals surface area contributed by atoms with Crippen LogP contribution in [0.25, 0.3) is 11.0 Å². The lowest BCUT2D eigenvalue weighted by molar-refractivity contribution is 0.470. The third-order valence-electron chi connectivity index (χ3n) is 3.23. The number of benzene rings is 2. The van der Waals surface area contributed by atoms with Crippen molar-refractivity contribution < 1.29 is 5.11 Å². The first-order valence-corrected chi connectivity index (χ1v) is 6.91. The molecule has 0 aliphatic heterocycles. The van der Waals surface area contributed by atoms with Gasteiger partial charge in [0.15, 0.2) is 0 Å². The molecule has 0 radical (unpaired) electrons. The highest BCUT2D eigenvalue weighted by Crippen LogP contribution is 2.31. The molecule has 0 aliphatic carbocycles. The molecule has 0 unspecified atom stereocenters. The molecule has 0 saturated carbocycles. The first-order valence-electron chi connectivity index (χ1n) is 6.15. The fourth-order valence-corrected chi connectivity index (χ4v) is 2.67. The second kappa shape index (κ2) is 5.00. The van der Waals surface area contributed by atoms with Gasteiger partial charge in [-0.2, -0.15) is 0 Å². The number of phenols is 1. The number of rotatable bonds is 2. The molecule has 0 saturated heterocycles. The highest BCUT2D eigenvalue weighted by Gasteiger charge is 2.13. The summed E-state index contributed by atoms with van der Waals surface area (Å²) in [6.45, 7) is 1.88. The zero-order chi connectivity index (χ0) is 14.3. The molecule has 5 heteroatoms. The molecule has 0 bridgehead atoms. The Morgan fingerprint density at radius 2 is 2.00 bits per heavy atom. The molecular weight excluding hydrogens is 295 g/mol. The Kier molecular flexibility index (Phi) is 3.32. The number of phenolic OH excluding ortho intramolecular Hbond substituents is 1. The van der Waals surface area contributed by atoms with Gasteiger partial charge in [-0.15, -0.1) is 0 Å². The summed E-state index contributed by atoms with van der Waals surface area (Å²) in [5.41, 5.74) is 3.27. The van der Waals surface area contributed by atoms with Crippen LogP contribution in [0.4, 0.5) is 0 Å². The maximum Gasteiger partial charge on any atom is 0.121 e. The molecule has 0 fully saturated rings. The fourth-order valence-electron chi connectivity index (χ4n) is 2.29. The lowest BCUT2D eigenvalue weighted by Crippen LogP contribution is -1.92. The van der Waals surface area contributed by atoms with Crippen molar-refractivity contribution in [1.82, 2.24) is 9.97 Å². The molecule has 3 nitrogen and oxygen atoms in total. The molecule has 20 heavy (non-hydrogen) atoms. The Balaban J connectivity index is 2.14. The minimum absolute atomic E-state index is 0.208. The normalized spacial score (nSPS) is 11.2. The highest BCUT2D eigenvalue weighted by atomic mass is 35.5. The third-order valence-corrected chi connectivity index (χ3v) is 3.83. The van der Waals surface area contributed by atoms with E-state index >= 15 is 0 Å². The molecule has 0 spiro atoms. The molecule has 2 N–H and O–H groups in total. The zero-order valence-corrected chi connectivity index (χ0v) is 12.3. The Morgan fingerprint density at radius 3 is 2.80 bits per heavy atom. The minimum atomic E-state index is 0.208. The SMILES string of the molecule is Cc1nc2c(Cc3cc(Cl)ccc3Cl)c(O)ccc2[nH]1. The standard InChI is InChI=1S/C15H12Cl2N2O/c1-8-18-13-4-5-14(20)11(15(13)19-8)7-9-6-10(16)2-3-12(9)17/h2-6,20H,7H2,1H3,(H,18,19). The highest BCUT2D eigenvalue weighted by molar-refractivity contribution is 6.33. The van der Waals surface area contributed by atoms with Gasteiger partial charge in [0, 0.05) is 22.0 Å². The first-order chi connectivity index (χ1) is 9.54. The van der Waals surface area contributed by atoms with Gasteiger partial charge in [0.25, 0.3) is 0 Å². The van der Waals surface area contributed by atoms with Crippen LogP contribution in [0.3, 0.4) is 0 Å². The second-order valence-corrected chi connectivity index (χ2v) is 5.54. The summed E-state index contributed by atoms with van der Waals surface area (Å²) in [5, 5.41) is 11.4. The summed E-state index contributed by atoms with van der Waals surface area (Å²) < 4.78 is 0. The molecule has 0 amide bonds. The number of nitrogens with zero attached hydrogens (tertiary/aromatic N) is 1. The van der Waals surface area contributed by atoms with Gasteiger partial charge < -0.3 is 10.1 Å². The van der Waals surface area contributed by atoms with Crippen molar-refractivity contribution in [2.24, 2.45) is 0 Å². The summed E-state index contributed by atoms with van der Waals surface area (Å²) in [6.07, 6.45) is 0.479. The van der Waals surface area contributed by atoms with Gasteiger partial charge in [-0.1, -0.05) is 23.2 Å². The Labute approximate surface area is 126 Å². The van der Waals surface area contributed by atoms with Crippen LogP contribution in [0.2, 0.25) is 10.0 Å². The fraction of sp³-hybridized carbons (Fsp3) is 0.133. The lowest BCUT2D eigenvalue weighted by atomic mass is 10.0. The van der Waals surface area contributed by atoms with E-state index in [0.717, 1.165) is 28.0 Å². The maximum absolute atomic E-state index is 10.1. The predicted octanol–water partition coefficient (Wildman–Crippen LogP) is 4.47. The topological polar surface area (TPSA) is 48.9 Å². The summed E-state index contributed by atoms with van der Waals surface area (Å²) >= 11 is 12.2. The maximum atomic E-state index is 10.1. The number of aromatic amines is 1. The van der Waals surface area contributed by atoms with E-state index < -0.39 is 0 Å². The van der Waals surface area contributed by atoms with Crippen LogP contribution in [-0.2, 0) is 6.42 Å². The van der Waals surface area contributed by atoms with E-state index in [4.69, 9.17) is 23.2 Å². The van der Waals surface area contributed by atoms with E-state index in [1.54, 1.807) is 18.2 Å². The summed E-state index contributed by atoms with van der Waals surface area (Å²) in [6, 6.07) is 8.78. The van der Waals surface area contributed by atoms with Crippen molar-refractivity contribution >= 4 is 34.2 Å². The van der Waals surface area contributed by atoms with Crippen LogP contribution < -0.4 is 0 Å². The number of imidazole rings is 1. The van der Waals surface area contributed by atoms with Crippen molar-refractivity contribution in [3.05, 3.63) is 57.3 Å². The largest absolute Gasteiger partial charge is 0.508 e. The van der Waals surface area contributed by atoms with Crippen molar-refractivity contribution in [1.29, 1.82) is 0 Å². The van der Waals surface area contributed by atoms with Crippen LogP contribution in [0.1, 0.15) is 17.0 Å². The molecular formula is C15H12Cl2N2O. The minimum Gasteiger partial charge on any atom is -0.508 e.